The smallest absolute Gasteiger partial charge is 0.317 e. The van der Waals surface area contributed by atoms with E-state index in [-0.39, 0.29) is 6.03 Å². The highest BCUT2D eigenvalue weighted by molar-refractivity contribution is 5.74. The van der Waals surface area contributed by atoms with Gasteiger partial charge in [-0.15, -0.1) is 0 Å². The summed E-state index contributed by atoms with van der Waals surface area (Å²) in [5.41, 5.74) is 3.11. The summed E-state index contributed by atoms with van der Waals surface area (Å²) in [5, 5.41) is 6.93. The SMILES string of the molecule is COCc1cccc(CNC(=O)N2CCN(Cc3ccon3)CC2)c1. The molecule has 25 heavy (non-hydrogen) atoms. The lowest BCUT2D eigenvalue weighted by molar-refractivity contribution is 0.133. The first-order chi connectivity index (χ1) is 12.2. The molecule has 7 nitrogen and oxygen atoms in total. The molecule has 1 aliphatic rings. The van der Waals surface area contributed by atoms with E-state index in [2.05, 4.69) is 21.4 Å². The standard InChI is InChI=1S/C18H24N4O3/c1-24-14-16-4-2-3-15(11-16)12-19-18(23)22-8-6-21(7-9-22)13-17-5-10-25-20-17/h2-5,10-11H,6-9,12-14H2,1H3,(H,19,23). The molecule has 0 unspecified atom stereocenters. The Kier molecular flexibility index (Phi) is 6.03. The number of rotatable bonds is 6. The van der Waals surface area contributed by atoms with Gasteiger partial charge in [0.25, 0.3) is 0 Å². The summed E-state index contributed by atoms with van der Waals surface area (Å²) < 4.78 is 9.99. The van der Waals surface area contributed by atoms with Crippen molar-refractivity contribution in [1.29, 1.82) is 0 Å². The van der Waals surface area contributed by atoms with Gasteiger partial charge in [0.15, 0.2) is 0 Å². The van der Waals surface area contributed by atoms with Crippen LogP contribution in [-0.2, 0) is 24.4 Å². The molecule has 0 radical (unpaired) electrons. The molecule has 1 aliphatic heterocycles. The molecule has 3 rings (SSSR count). The van der Waals surface area contributed by atoms with Crippen LogP contribution in [0.2, 0.25) is 0 Å². The number of methoxy groups -OCH3 is 1. The van der Waals surface area contributed by atoms with E-state index in [0.717, 1.165) is 36.5 Å². The Balaban J connectivity index is 1.42. The van der Waals surface area contributed by atoms with Crippen molar-refractivity contribution in [1.82, 2.24) is 20.3 Å². The quantitative estimate of drug-likeness (QED) is 0.866. The maximum atomic E-state index is 12.3. The number of nitrogens with one attached hydrogen (secondary N) is 1. The molecule has 0 spiro atoms. The van der Waals surface area contributed by atoms with Crippen molar-refractivity contribution in [3.05, 3.63) is 53.4 Å². The summed E-state index contributed by atoms with van der Waals surface area (Å²) in [6, 6.07) is 9.92. The molecular weight excluding hydrogens is 320 g/mol. The summed E-state index contributed by atoms with van der Waals surface area (Å²) in [7, 11) is 1.68. The van der Waals surface area contributed by atoms with Crippen molar-refractivity contribution >= 4 is 6.03 Å². The summed E-state index contributed by atoms with van der Waals surface area (Å²) in [6.45, 7) is 4.97. The summed E-state index contributed by atoms with van der Waals surface area (Å²) in [4.78, 5) is 16.5. The van der Waals surface area contributed by atoms with Crippen LogP contribution in [0, 0.1) is 0 Å². The number of nitrogens with zero attached hydrogens (tertiary/aromatic N) is 3. The van der Waals surface area contributed by atoms with E-state index >= 15 is 0 Å². The van der Waals surface area contributed by atoms with Crippen LogP contribution in [0.25, 0.3) is 0 Å². The third-order valence-electron chi connectivity index (χ3n) is 4.28. The highest BCUT2D eigenvalue weighted by atomic mass is 16.5. The number of ether oxygens (including phenoxy) is 1. The van der Waals surface area contributed by atoms with E-state index in [1.54, 1.807) is 13.4 Å². The Labute approximate surface area is 147 Å². The van der Waals surface area contributed by atoms with Gasteiger partial charge in [-0.1, -0.05) is 29.4 Å². The highest BCUT2D eigenvalue weighted by Crippen LogP contribution is 2.09. The molecule has 7 heteroatoms. The molecule has 1 N–H and O–H groups in total. The normalized spacial score (nSPS) is 15.3. The van der Waals surface area contributed by atoms with Crippen LogP contribution in [0.5, 0.6) is 0 Å². The number of piperazine rings is 1. The van der Waals surface area contributed by atoms with Gasteiger partial charge in [-0.3, -0.25) is 4.90 Å². The molecule has 0 aliphatic carbocycles. The van der Waals surface area contributed by atoms with Gasteiger partial charge in [0.05, 0.1) is 12.3 Å². The average Bonchev–Trinajstić information content (AvgIpc) is 3.14. The third kappa shape index (κ3) is 5.04. The third-order valence-corrected chi connectivity index (χ3v) is 4.28. The second kappa shape index (κ2) is 8.64. The largest absolute Gasteiger partial charge is 0.380 e. The zero-order chi connectivity index (χ0) is 17.5. The number of benzene rings is 1. The van der Waals surface area contributed by atoms with Crippen LogP contribution >= 0.6 is 0 Å². The molecule has 2 aromatic rings. The lowest BCUT2D eigenvalue weighted by Crippen LogP contribution is -2.51. The van der Waals surface area contributed by atoms with Crippen molar-refractivity contribution < 1.29 is 14.1 Å². The first kappa shape index (κ1) is 17.4. The van der Waals surface area contributed by atoms with Gasteiger partial charge in [0, 0.05) is 52.4 Å². The molecule has 2 amide bonds. The van der Waals surface area contributed by atoms with Gasteiger partial charge < -0.3 is 19.5 Å². The van der Waals surface area contributed by atoms with Crippen LogP contribution in [-0.4, -0.2) is 54.3 Å². The number of hydrogen-bond donors (Lipinski definition) is 1. The zero-order valence-corrected chi connectivity index (χ0v) is 14.5. The number of amides is 2. The van der Waals surface area contributed by atoms with Crippen LogP contribution in [0.1, 0.15) is 16.8 Å². The first-order valence-electron chi connectivity index (χ1n) is 8.46. The fourth-order valence-corrected chi connectivity index (χ4v) is 2.94. The maximum Gasteiger partial charge on any atom is 0.317 e. The average molecular weight is 344 g/mol. The Morgan fingerprint density at radius 2 is 2.04 bits per heavy atom. The maximum absolute atomic E-state index is 12.3. The molecule has 0 bridgehead atoms. The monoisotopic (exact) mass is 344 g/mol. The Bertz CT molecular complexity index is 667. The molecule has 134 valence electrons. The van der Waals surface area contributed by atoms with Crippen molar-refractivity contribution in [2.45, 2.75) is 19.7 Å². The van der Waals surface area contributed by atoms with Gasteiger partial charge in [-0.05, 0) is 11.1 Å². The predicted molar refractivity (Wildman–Crippen MR) is 92.7 cm³/mol. The molecule has 1 saturated heterocycles. The second-order valence-electron chi connectivity index (χ2n) is 6.17. The van der Waals surface area contributed by atoms with Gasteiger partial charge in [0.2, 0.25) is 0 Å². The molecular formula is C18H24N4O3. The van der Waals surface area contributed by atoms with E-state index in [1.807, 2.05) is 29.2 Å². The Morgan fingerprint density at radius 3 is 2.76 bits per heavy atom. The number of carbonyl (C=O) groups is 1. The fraction of sp³-hybridized carbons (Fsp3) is 0.444. The number of carbonyl (C=O) groups excluding carboxylic acids is 1. The number of urea groups is 1. The molecule has 1 aromatic heterocycles. The topological polar surface area (TPSA) is 70.8 Å². The zero-order valence-electron chi connectivity index (χ0n) is 14.5. The van der Waals surface area contributed by atoms with Crippen molar-refractivity contribution in [2.75, 3.05) is 33.3 Å². The second-order valence-corrected chi connectivity index (χ2v) is 6.17. The minimum Gasteiger partial charge on any atom is -0.380 e. The van der Waals surface area contributed by atoms with E-state index in [9.17, 15) is 4.79 Å². The van der Waals surface area contributed by atoms with Crippen molar-refractivity contribution in [3.8, 4) is 0 Å². The number of aromatic nitrogens is 1. The lowest BCUT2D eigenvalue weighted by atomic mass is 10.1. The van der Waals surface area contributed by atoms with Crippen LogP contribution < -0.4 is 5.32 Å². The first-order valence-corrected chi connectivity index (χ1v) is 8.46. The molecule has 0 saturated carbocycles. The van der Waals surface area contributed by atoms with Gasteiger partial charge in [-0.2, -0.15) is 0 Å². The summed E-state index contributed by atoms with van der Waals surface area (Å²) >= 11 is 0. The molecule has 2 heterocycles. The predicted octanol–water partition coefficient (Wildman–Crippen LogP) is 1.85. The van der Waals surface area contributed by atoms with E-state index in [1.165, 1.54) is 0 Å². The fourth-order valence-electron chi connectivity index (χ4n) is 2.94. The van der Waals surface area contributed by atoms with Gasteiger partial charge >= 0.3 is 6.03 Å². The Hall–Kier alpha value is -2.38. The lowest BCUT2D eigenvalue weighted by Gasteiger charge is -2.34. The summed E-state index contributed by atoms with van der Waals surface area (Å²) in [6.07, 6.45) is 1.58. The summed E-state index contributed by atoms with van der Waals surface area (Å²) in [5.74, 6) is 0. The van der Waals surface area contributed by atoms with Gasteiger partial charge in [0.1, 0.15) is 6.26 Å². The minimum atomic E-state index is -0.0155. The minimum absolute atomic E-state index is 0.0155. The van der Waals surface area contributed by atoms with Crippen LogP contribution in [0.3, 0.4) is 0 Å². The molecule has 1 aromatic carbocycles. The van der Waals surface area contributed by atoms with Crippen LogP contribution in [0.4, 0.5) is 4.79 Å². The van der Waals surface area contributed by atoms with Crippen molar-refractivity contribution in [3.63, 3.8) is 0 Å². The number of hydrogen-bond acceptors (Lipinski definition) is 5. The van der Waals surface area contributed by atoms with E-state index in [0.29, 0.717) is 26.2 Å². The molecule has 1 fully saturated rings. The highest BCUT2D eigenvalue weighted by Gasteiger charge is 2.21. The molecule has 0 atom stereocenters. The van der Waals surface area contributed by atoms with Crippen LogP contribution in [0.15, 0.2) is 41.1 Å². The Morgan fingerprint density at radius 1 is 1.24 bits per heavy atom. The van der Waals surface area contributed by atoms with Crippen molar-refractivity contribution in [2.24, 2.45) is 0 Å². The van der Waals surface area contributed by atoms with Gasteiger partial charge in [-0.25, -0.2) is 4.79 Å². The van der Waals surface area contributed by atoms with E-state index in [4.69, 9.17) is 9.26 Å². The van der Waals surface area contributed by atoms with E-state index < -0.39 is 0 Å².